The summed E-state index contributed by atoms with van der Waals surface area (Å²) in [5.41, 5.74) is 1.76. The van der Waals surface area contributed by atoms with E-state index in [1.807, 2.05) is 25.1 Å². The fraction of sp³-hybridized carbons (Fsp3) is 0.462. The van der Waals surface area contributed by atoms with Crippen LogP contribution in [0.25, 0.3) is 0 Å². The number of hydrogen-bond acceptors (Lipinski definition) is 4. The van der Waals surface area contributed by atoms with E-state index in [-0.39, 0.29) is 24.2 Å². The highest BCUT2D eigenvalue weighted by Gasteiger charge is 2.34. The number of methoxy groups -OCH3 is 1. The Labute approximate surface area is 106 Å². The predicted octanol–water partition coefficient (Wildman–Crippen LogP) is 0.912. The van der Waals surface area contributed by atoms with Crippen LogP contribution in [0.1, 0.15) is 17.8 Å². The van der Waals surface area contributed by atoms with E-state index >= 15 is 0 Å². The molecule has 0 bridgehead atoms. The van der Waals surface area contributed by atoms with Crippen LogP contribution in [0.3, 0.4) is 0 Å². The van der Waals surface area contributed by atoms with E-state index in [1.165, 1.54) is 7.11 Å². The van der Waals surface area contributed by atoms with Gasteiger partial charge in [-0.15, -0.1) is 0 Å². The van der Waals surface area contributed by atoms with Gasteiger partial charge in [0.05, 0.1) is 25.3 Å². The van der Waals surface area contributed by atoms with Gasteiger partial charge in [-0.05, 0) is 19.1 Å². The molecule has 1 unspecified atom stereocenters. The average Bonchev–Trinajstić information content (AvgIpc) is 2.70. The first-order chi connectivity index (χ1) is 8.60. The predicted molar refractivity (Wildman–Crippen MR) is 64.5 cm³/mol. The summed E-state index contributed by atoms with van der Waals surface area (Å²) < 4.78 is 4.67. The van der Waals surface area contributed by atoms with Crippen LogP contribution in [0.15, 0.2) is 18.2 Å². The van der Waals surface area contributed by atoms with Crippen molar-refractivity contribution < 1.29 is 14.3 Å². The fourth-order valence-electron chi connectivity index (χ4n) is 2.13. The van der Waals surface area contributed by atoms with Crippen LogP contribution in [0.5, 0.6) is 0 Å². The van der Waals surface area contributed by atoms with Gasteiger partial charge in [0.1, 0.15) is 0 Å². The minimum atomic E-state index is -0.340. The number of rotatable bonds is 3. The third kappa shape index (κ3) is 2.67. The van der Waals surface area contributed by atoms with Crippen LogP contribution in [0.2, 0.25) is 0 Å². The molecule has 0 aliphatic carbocycles. The van der Waals surface area contributed by atoms with Gasteiger partial charge in [0.15, 0.2) is 0 Å². The zero-order chi connectivity index (χ0) is 13.1. The zero-order valence-corrected chi connectivity index (χ0v) is 10.5. The van der Waals surface area contributed by atoms with Gasteiger partial charge in [-0.25, -0.2) is 0 Å². The van der Waals surface area contributed by atoms with Crippen molar-refractivity contribution in [2.24, 2.45) is 5.92 Å². The quantitative estimate of drug-likeness (QED) is 0.746. The van der Waals surface area contributed by atoms with Crippen molar-refractivity contribution in [3.05, 3.63) is 29.6 Å². The standard InChI is InChI=1S/C13H16N2O3/c1-9-4-3-5-11(14-9)8-15-7-10(6-12(15)16)13(17)18-2/h3-5,10H,6-8H2,1-2H3. The van der Waals surface area contributed by atoms with Crippen molar-refractivity contribution in [2.45, 2.75) is 19.9 Å². The van der Waals surface area contributed by atoms with Gasteiger partial charge >= 0.3 is 5.97 Å². The first-order valence-corrected chi connectivity index (χ1v) is 5.88. The summed E-state index contributed by atoms with van der Waals surface area (Å²) in [5.74, 6) is -0.677. The highest BCUT2D eigenvalue weighted by molar-refractivity contribution is 5.86. The number of hydrogen-bond donors (Lipinski definition) is 0. The number of aryl methyl sites for hydroxylation is 1. The number of esters is 1. The van der Waals surface area contributed by atoms with Crippen LogP contribution in [0, 0.1) is 12.8 Å². The van der Waals surface area contributed by atoms with Crippen LogP contribution in [0.4, 0.5) is 0 Å². The van der Waals surface area contributed by atoms with E-state index in [9.17, 15) is 9.59 Å². The molecular weight excluding hydrogens is 232 g/mol. The Morgan fingerprint density at radius 3 is 3.00 bits per heavy atom. The molecule has 5 heteroatoms. The number of carbonyl (C=O) groups excluding carboxylic acids is 2. The summed E-state index contributed by atoms with van der Waals surface area (Å²) in [6.07, 6.45) is 0.235. The number of likely N-dealkylation sites (tertiary alicyclic amines) is 1. The molecule has 5 nitrogen and oxygen atoms in total. The van der Waals surface area contributed by atoms with Gasteiger partial charge in [0.25, 0.3) is 0 Å². The Morgan fingerprint density at radius 2 is 2.33 bits per heavy atom. The smallest absolute Gasteiger partial charge is 0.310 e. The molecule has 0 N–H and O–H groups in total. The van der Waals surface area contributed by atoms with E-state index in [2.05, 4.69) is 9.72 Å². The molecule has 1 saturated heterocycles. The Kier molecular flexibility index (Phi) is 3.60. The third-order valence-corrected chi connectivity index (χ3v) is 3.05. The number of amides is 1. The van der Waals surface area contributed by atoms with Crippen LogP contribution < -0.4 is 0 Å². The van der Waals surface area contributed by atoms with Gasteiger partial charge in [-0.2, -0.15) is 0 Å². The zero-order valence-electron chi connectivity index (χ0n) is 10.5. The molecule has 1 aliphatic rings. The maximum atomic E-state index is 11.8. The van der Waals surface area contributed by atoms with Gasteiger partial charge < -0.3 is 9.64 Å². The summed E-state index contributed by atoms with van der Waals surface area (Å²) in [7, 11) is 1.34. The molecule has 1 aromatic heterocycles. The van der Waals surface area contributed by atoms with Gasteiger partial charge in [0, 0.05) is 18.7 Å². The second kappa shape index (κ2) is 5.16. The Morgan fingerprint density at radius 1 is 1.56 bits per heavy atom. The first-order valence-electron chi connectivity index (χ1n) is 5.88. The van der Waals surface area contributed by atoms with Gasteiger partial charge in [-0.1, -0.05) is 6.07 Å². The molecular formula is C13H16N2O3. The number of nitrogens with zero attached hydrogens (tertiary/aromatic N) is 2. The Balaban J connectivity index is 2.02. The lowest BCUT2D eigenvalue weighted by Gasteiger charge is -2.15. The Bertz CT molecular complexity index is 473. The van der Waals surface area contributed by atoms with Crippen molar-refractivity contribution in [1.82, 2.24) is 9.88 Å². The van der Waals surface area contributed by atoms with E-state index in [1.54, 1.807) is 4.90 Å². The SMILES string of the molecule is COC(=O)C1CC(=O)N(Cc2cccc(C)n2)C1. The molecule has 0 spiro atoms. The number of ether oxygens (including phenoxy) is 1. The summed E-state index contributed by atoms with van der Waals surface area (Å²) >= 11 is 0. The minimum Gasteiger partial charge on any atom is -0.469 e. The van der Waals surface area contributed by atoms with Crippen molar-refractivity contribution in [1.29, 1.82) is 0 Å². The van der Waals surface area contributed by atoms with Crippen molar-refractivity contribution >= 4 is 11.9 Å². The molecule has 1 aliphatic heterocycles. The van der Waals surface area contributed by atoms with Crippen molar-refractivity contribution in [3.8, 4) is 0 Å². The van der Waals surface area contributed by atoms with Gasteiger partial charge in [0.2, 0.25) is 5.91 Å². The molecule has 1 atom stereocenters. The lowest BCUT2D eigenvalue weighted by Crippen LogP contribution is -2.26. The van der Waals surface area contributed by atoms with Crippen molar-refractivity contribution in [2.75, 3.05) is 13.7 Å². The lowest BCUT2D eigenvalue weighted by atomic mass is 10.1. The molecule has 2 rings (SSSR count). The van der Waals surface area contributed by atoms with Crippen molar-refractivity contribution in [3.63, 3.8) is 0 Å². The third-order valence-electron chi connectivity index (χ3n) is 3.05. The second-order valence-electron chi connectivity index (χ2n) is 4.47. The van der Waals surface area contributed by atoms with Crippen LogP contribution in [-0.2, 0) is 20.9 Å². The Hall–Kier alpha value is -1.91. The summed E-state index contributed by atoms with van der Waals surface area (Å²) in [4.78, 5) is 29.2. The molecule has 1 fully saturated rings. The normalized spacial score (nSPS) is 19.1. The van der Waals surface area contributed by atoms with E-state index in [4.69, 9.17) is 0 Å². The fourth-order valence-corrected chi connectivity index (χ4v) is 2.13. The van der Waals surface area contributed by atoms with E-state index < -0.39 is 0 Å². The molecule has 0 radical (unpaired) electrons. The maximum absolute atomic E-state index is 11.8. The molecule has 0 aromatic carbocycles. The number of pyridine rings is 1. The molecule has 0 saturated carbocycles. The van der Waals surface area contributed by atoms with Crippen LogP contribution in [-0.4, -0.2) is 35.4 Å². The number of carbonyl (C=O) groups is 2. The topological polar surface area (TPSA) is 59.5 Å². The minimum absolute atomic E-state index is 0.0197. The summed E-state index contributed by atoms with van der Waals surface area (Å²) in [5, 5.41) is 0. The number of aromatic nitrogens is 1. The first kappa shape index (κ1) is 12.5. The highest BCUT2D eigenvalue weighted by atomic mass is 16.5. The van der Waals surface area contributed by atoms with E-state index in [0.717, 1.165) is 11.4 Å². The molecule has 1 amide bonds. The summed E-state index contributed by atoms with van der Waals surface area (Å²) in [6.45, 7) is 2.78. The summed E-state index contributed by atoms with van der Waals surface area (Å²) in [6, 6.07) is 5.70. The largest absolute Gasteiger partial charge is 0.469 e. The molecule has 96 valence electrons. The van der Waals surface area contributed by atoms with Crippen LogP contribution >= 0.6 is 0 Å². The average molecular weight is 248 g/mol. The highest BCUT2D eigenvalue weighted by Crippen LogP contribution is 2.20. The molecule has 18 heavy (non-hydrogen) atoms. The lowest BCUT2D eigenvalue weighted by molar-refractivity contribution is -0.145. The second-order valence-corrected chi connectivity index (χ2v) is 4.47. The van der Waals surface area contributed by atoms with E-state index in [0.29, 0.717) is 13.1 Å². The monoisotopic (exact) mass is 248 g/mol. The van der Waals surface area contributed by atoms with Gasteiger partial charge in [-0.3, -0.25) is 14.6 Å². The molecule has 2 heterocycles. The maximum Gasteiger partial charge on any atom is 0.310 e. The molecule has 1 aromatic rings.